The average Bonchev–Trinajstić information content (AvgIpc) is 3.08. The molecule has 0 radical (unpaired) electrons. The van der Waals surface area contributed by atoms with E-state index in [2.05, 4.69) is 10.3 Å². The Bertz CT molecular complexity index is 922. The molecule has 30 heavy (non-hydrogen) atoms. The van der Waals surface area contributed by atoms with Crippen molar-refractivity contribution in [2.45, 2.75) is 40.2 Å². The Morgan fingerprint density at radius 2 is 2.00 bits per heavy atom. The van der Waals surface area contributed by atoms with Crippen molar-refractivity contribution in [3.05, 3.63) is 58.0 Å². The van der Waals surface area contributed by atoms with Gasteiger partial charge in [-0.15, -0.1) is 0 Å². The molecule has 8 heteroatoms. The van der Waals surface area contributed by atoms with Crippen LogP contribution in [0, 0.1) is 11.7 Å². The van der Waals surface area contributed by atoms with Crippen LogP contribution in [0.5, 0.6) is 0 Å². The summed E-state index contributed by atoms with van der Waals surface area (Å²) in [5, 5.41) is 5.48. The largest absolute Gasteiger partial charge is 0.463 e. The molecular weight excluding hydrogens is 405 g/mol. The minimum Gasteiger partial charge on any atom is -0.463 e. The van der Waals surface area contributed by atoms with Crippen LogP contribution in [0.2, 0.25) is 0 Å². The zero-order valence-corrected chi connectivity index (χ0v) is 18.4. The van der Waals surface area contributed by atoms with Gasteiger partial charge in [-0.3, -0.25) is 4.79 Å². The summed E-state index contributed by atoms with van der Waals surface area (Å²) in [6.07, 6.45) is 0.158. The molecule has 2 aliphatic rings. The Kier molecular flexibility index (Phi) is 6.97. The van der Waals surface area contributed by atoms with Crippen molar-refractivity contribution in [1.82, 2.24) is 10.2 Å². The van der Waals surface area contributed by atoms with Crippen LogP contribution in [-0.4, -0.2) is 35.1 Å². The third kappa shape index (κ3) is 4.75. The number of fused-ring (bicyclic) bond motifs is 1. The molecule has 2 aliphatic heterocycles. The summed E-state index contributed by atoms with van der Waals surface area (Å²) >= 11 is 1.41. The Hall–Kier alpha value is -2.61. The van der Waals surface area contributed by atoms with E-state index in [4.69, 9.17) is 4.74 Å². The van der Waals surface area contributed by atoms with Crippen LogP contribution in [0.1, 0.15) is 45.7 Å². The zero-order valence-electron chi connectivity index (χ0n) is 17.6. The van der Waals surface area contributed by atoms with E-state index in [0.717, 1.165) is 11.3 Å². The number of carbonyl (C=O) groups is 2. The Balaban J connectivity index is 1.97. The number of amidine groups is 1. The number of rotatable bonds is 7. The molecule has 0 aliphatic carbocycles. The number of aliphatic imine (C=N–C) groups is 1. The molecule has 1 aromatic rings. The average molecular weight is 432 g/mol. The van der Waals surface area contributed by atoms with Gasteiger partial charge in [-0.25, -0.2) is 14.2 Å². The number of amides is 1. The van der Waals surface area contributed by atoms with Crippen LogP contribution in [0.15, 0.2) is 51.6 Å². The number of benzene rings is 1. The highest BCUT2D eigenvalue weighted by Gasteiger charge is 2.41. The third-order valence-corrected chi connectivity index (χ3v) is 5.62. The highest BCUT2D eigenvalue weighted by molar-refractivity contribution is 8.16. The second kappa shape index (κ2) is 9.47. The summed E-state index contributed by atoms with van der Waals surface area (Å²) in [6, 6.07) is 5.47. The molecular formula is C22H26FN3O3S. The number of thioether (sulfide) groups is 1. The van der Waals surface area contributed by atoms with Gasteiger partial charge in [-0.05, 0) is 42.9 Å². The number of ether oxygens (including phenoxy) is 1. The standard InChI is InChI=1S/C22H26FN3O3S/c1-5-29-21(28)19-14(4)25-22-26(20(19)15-6-8-16(23)9-7-15)17(12-30-22)10-18(27)24-11-13(2)3/h6-9,12-13,20H,5,10-11H2,1-4H3,(H,24,27). The normalized spacial score (nSPS) is 18.2. The monoisotopic (exact) mass is 431 g/mol. The fourth-order valence-corrected chi connectivity index (χ4v) is 4.31. The van der Waals surface area contributed by atoms with Gasteiger partial charge in [0.15, 0.2) is 5.17 Å². The summed E-state index contributed by atoms with van der Waals surface area (Å²) in [5.74, 6) is -0.575. The summed E-state index contributed by atoms with van der Waals surface area (Å²) in [5.41, 5.74) is 2.41. The molecule has 6 nitrogen and oxygen atoms in total. The number of halogens is 1. The van der Waals surface area contributed by atoms with Gasteiger partial charge in [-0.1, -0.05) is 37.7 Å². The number of esters is 1. The number of allylic oxidation sites excluding steroid dienone is 1. The van der Waals surface area contributed by atoms with Gasteiger partial charge in [0.25, 0.3) is 0 Å². The summed E-state index contributed by atoms with van der Waals surface area (Å²) in [7, 11) is 0. The van der Waals surface area contributed by atoms with Gasteiger partial charge in [0.1, 0.15) is 5.82 Å². The number of carbonyl (C=O) groups excluding carboxylic acids is 2. The second-order valence-corrected chi connectivity index (χ2v) is 8.38. The van der Waals surface area contributed by atoms with Gasteiger partial charge >= 0.3 is 5.97 Å². The minimum atomic E-state index is -0.545. The molecule has 1 amide bonds. The number of nitrogens with one attached hydrogen (secondary N) is 1. The second-order valence-electron chi connectivity index (χ2n) is 7.54. The van der Waals surface area contributed by atoms with E-state index in [-0.39, 0.29) is 24.8 Å². The number of nitrogens with zero attached hydrogens (tertiary/aromatic N) is 2. The molecule has 3 rings (SSSR count). The van der Waals surface area contributed by atoms with Gasteiger partial charge in [0.05, 0.1) is 30.3 Å². The maximum absolute atomic E-state index is 13.6. The summed E-state index contributed by atoms with van der Waals surface area (Å²) in [4.78, 5) is 31.7. The minimum absolute atomic E-state index is 0.0985. The van der Waals surface area contributed by atoms with Gasteiger partial charge < -0.3 is 15.0 Å². The lowest BCUT2D eigenvalue weighted by molar-refractivity contribution is -0.139. The summed E-state index contributed by atoms with van der Waals surface area (Å²) < 4.78 is 18.8. The predicted octanol–water partition coefficient (Wildman–Crippen LogP) is 4.13. The molecule has 0 aromatic heterocycles. The quantitative estimate of drug-likeness (QED) is 0.658. The zero-order chi connectivity index (χ0) is 21.8. The lowest BCUT2D eigenvalue weighted by atomic mass is 9.94. The van der Waals surface area contributed by atoms with Gasteiger partial charge in [0.2, 0.25) is 5.91 Å². The SMILES string of the molecule is CCOC(=O)C1=C(C)N=C2SC=C(CC(=O)NCC(C)C)N2C1c1ccc(F)cc1. The molecule has 1 N–H and O–H groups in total. The van der Waals surface area contributed by atoms with Gasteiger partial charge in [0, 0.05) is 12.2 Å². The topological polar surface area (TPSA) is 71.0 Å². The molecule has 1 aromatic carbocycles. The Labute approximate surface area is 180 Å². The van der Waals surface area contributed by atoms with E-state index >= 15 is 0 Å². The molecule has 160 valence electrons. The molecule has 0 saturated heterocycles. The molecule has 0 saturated carbocycles. The lowest BCUT2D eigenvalue weighted by Gasteiger charge is -2.36. The molecule has 1 atom stereocenters. The van der Waals surface area contributed by atoms with Crippen molar-refractivity contribution >= 4 is 28.8 Å². The van der Waals surface area contributed by atoms with Crippen molar-refractivity contribution < 1.29 is 18.7 Å². The van der Waals surface area contributed by atoms with E-state index in [0.29, 0.717) is 28.9 Å². The van der Waals surface area contributed by atoms with Crippen LogP contribution in [0.3, 0.4) is 0 Å². The fourth-order valence-electron chi connectivity index (χ4n) is 3.35. The summed E-state index contributed by atoms with van der Waals surface area (Å²) in [6.45, 7) is 8.40. The molecule has 2 heterocycles. The van der Waals surface area contributed by atoms with Crippen molar-refractivity contribution in [2.24, 2.45) is 10.9 Å². The van der Waals surface area contributed by atoms with E-state index in [9.17, 15) is 14.0 Å². The van der Waals surface area contributed by atoms with E-state index in [1.807, 2.05) is 24.2 Å². The highest BCUT2D eigenvalue weighted by atomic mass is 32.2. The van der Waals surface area contributed by atoms with Crippen molar-refractivity contribution in [2.75, 3.05) is 13.2 Å². The maximum atomic E-state index is 13.6. The predicted molar refractivity (Wildman–Crippen MR) is 116 cm³/mol. The van der Waals surface area contributed by atoms with Crippen LogP contribution in [0.25, 0.3) is 0 Å². The third-order valence-electron chi connectivity index (χ3n) is 4.73. The number of hydrogen-bond donors (Lipinski definition) is 1. The molecule has 1 unspecified atom stereocenters. The first-order chi connectivity index (χ1) is 14.3. The van der Waals surface area contributed by atoms with E-state index < -0.39 is 12.0 Å². The van der Waals surface area contributed by atoms with Gasteiger partial charge in [-0.2, -0.15) is 0 Å². The molecule has 0 bridgehead atoms. The van der Waals surface area contributed by atoms with Crippen LogP contribution < -0.4 is 5.32 Å². The van der Waals surface area contributed by atoms with Crippen molar-refractivity contribution in [1.29, 1.82) is 0 Å². The Morgan fingerprint density at radius 1 is 1.30 bits per heavy atom. The first-order valence-electron chi connectivity index (χ1n) is 9.95. The first kappa shape index (κ1) is 22.1. The fraction of sp³-hybridized carbons (Fsp3) is 0.409. The van der Waals surface area contributed by atoms with E-state index in [1.54, 1.807) is 26.0 Å². The Morgan fingerprint density at radius 3 is 2.63 bits per heavy atom. The highest BCUT2D eigenvalue weighted by Crippen LogP contribution is 2.44. The molecule has 0 fully saturated rings. The van der Waals surface area contributed by atoms with Crippen LogP contribution in [-0.2, 0) is 14.3 Å². The first-order valence-corrected chi connectivity index (χ1v) is 10.8. The molecule has 0 spiro atoms. The maximum Gasteiger partial charge on any atom is 0.338 e. The number of hydrogen-bond acceptors (Lipinski definition) is 6. The lowest BCUT2D eigenvalue weighted by Crippen LogP contribution is -2.38. The van der Waals surface area contributed by atoms with E-state index in [1.165, 1.54) is 23.9 Å². The van der Waals surface area contributed by atoms with Crippen molar-refractivity contribution in [3.8, 4) is 0 Å². The van der Waals surface area contributed by atoms with Crippen LogP contribution in [0.4, 0.5) is 4.39 Å². The van der Waals surface area contributed by atoms with Crippen LogP contribution >= 0.6 is 11.8 Å². The smallest absolute Gasteiger partial charge is 0.338 e. The van der Waals surface area contributed by atoms with Crippen molar-refractivity contribution in [3.63, 3.8) is 0 Å².